The third-order valence-electron chi connectivity index (χ3n) is 3.16. The molecule has 2 heterocycles. The van der Waals surface area contributed by atoms with Gasteiger partial charge in [0.2, 0.25) is 12.5 Å². The van der Waals surface area contributed by atoms with Crippen molar-refractivity contribution in [1.82, 2.24) is 0 Å². The summed E-state index contributed by atoms with van der Waals surface area (Å²) in [5.41, 5.74) is 0.0470. The molecule has 3 rings (SSSR count). The van der Waals surface area contributed by atoms with Crippen molar-refractivity contribution in [2.24, 2.45) is 5.92 Å². The van der Waals surface area contributed by atoms with E-state index in [4.69, 9.17) is 18.6 Å². The van der Waals surface area contributed by atoms with Crippen molar-refractivity contribution in [2.45, 2.75) is 20.3 Å². The van der Waals surface area contributed by atoms with E-state index in [1.165, 1.54) is 6.07 Å². The molecule has 0 N–H and O–H groups in total. The minimum absolute atomic E-state index is 0.149. The zero-order valence-corrected chi connectivity index (χ0v) is 11.5. The largest absolute Gasteiger partial charge is 0.489 e. The molecule has 2 aromatic rings. The van der Waals surface area contributed by atoms with Crippen LogP contribution < -0.4 is 19.8 Å². The standard InChI is InChI=1S/C15H16O5/c1-9(2)5-6-17-14-10-3-4-13(16)20-11(10)7-12-15(14)19-8-18-12/h3-4,7,9H,5-6,8H2,1-2H3. The molecule has 5 nitrogen and oxygen atoms in total. The second-order valence-electron chi connectivity index (χ2n) is 5.14. The molecule has 0 atom stereocenters. The first-order valence-electron chi connectivity index (χ1n) is 6.64. The third kappa shape index (κ3) is 2.31. The lowest BCUT2D eigenvalue weighted by atomic mass is 10.1. The number of fused-ring (bicyclic) bond motifs is 2. The molecule has 20 heavy (non-hydrogen) atoms. The van der Waals surface area contributed by atoms with Gasteiger partial charge < -0.3 is 18.6 Å². The molecule has 0 unspecified atom stereocenters. The first-order valence-corrected chi connectivity index (χ1v) is 6.64. The summed E-state index contributed by atoms with van der Waals surface area (Å²) in [7, 11) is 0. The Kier molecular flexibility index (Phi) is 3.26. The Bertz CT molecular complexity index is 686. The quantitative estimate of drug-likeness (QED) is 0.803. The number of benzene rings is 1. The maximum atomic E-state index is 11.3. The molecular formula is C15H16O5. The highest BCUT2D eigenvalue weighted by Crippen LogP contribution is 2.45. The minimum Gasteiger partial charge on any atom is -0.489 e. The lowest BCUT2D eigenvalue weighted by Crippen LogP contribution is -2.03. The summed E-state index contributed by atoms with van der Waals surface area (Å²) >= 11 is 0. The highest BCUT2D eigenvalue weighted by Gasteiger charge is 2.23. The van der Waals surface area contributed by atoms with E-state index in [1.807, 2.05) is 0 Å². The Hall–Kier alpha value is -2.17. The van der Waals surface area contributed by atoms with Crippen LogP contribution in [-0.4, -0.2) is 13.4 Å². The lowest BCUT2D eigenvalue weighted by Gasteiger charge is -2.12. The van der Waals surface area contributed by atoms with Crippen LogP contribution in [0.2, 0.25) is 0 Å². The molecule has 0 bridgehead atoms. The van der Waals surface area contributed by atoms with Gasteiger partial charge in [-0.25, -0.2) is 4.79 Å². The van der Waals surface area contributed by atoms with E-state index >= 15 is 0 Å². The lowest BCUT2D eigenvalue weighted by molar-refractivity contribution is 0.169. The zero-order valence-electron chi connectivity index (χ0n) is 11.5. The third-order valence-corrected chi connectivity index (χ3v) is 3.16. The molecule has 0 saturated carbocycles. The number of hydrogen-bond acceptors (Lipinski definition) is 5. The van der Waals surface area contributed by atoms with Crippen LogP contribution in [0.1, 0.15) is 20.3 Å². The number of hydrogen-bond donors (Lipinski definition) is 0. The predicted octanol–water partition coefficient (Wildman–Crippen LogP) is 2.95. The fraction of sp³-hybridized carbons (Fsp3) is 0.400. The average Bonchev–Trinajstić information content (AvgIpc) is 2.85. The molecule has 1 aromatic carbocycles. The van der Waals surface area contributed by atoms with Gasteiger partial charge in [-0.3, -0.25) is 0 Å². The topological polar surface area (TPSA) is 57.9 Å². The van der Waals surface area contributed by atoms with Crippen molar-refractivity contribution < 1.29 is 18.6 Å². The molecule has 106 valence electrons. The van der Waals surface area contributed by atoms with Gasteiger partial charge in [-0.05, 0) is 18.4 Å². The van der Waals surface area contributed by atoms with E-state index in [1.54, 1.807) is 12.1 Å². The highest BCUT2D eigenvalue weighted by molar-refractivity contribution is 5.89. The molecule has 0 amide bonds. The van der Waals surface area contributed by atoms with Crippen molar-refractivity contribution in [3.63, 3.8) is 0 Å². The summed E-state index contributed by atoms with van der Waals surface area (Å²) in [5, 5.41) is 0.720. The van der Waals surface area contributed by atoms with Crippen molar-refractivity contribution >= 4 is 11.0 Å². The first-order chi connectivity index (χ1) is 9.65. The smallest absolute Gasteiger partial charge is 0.336 e. The van der Waals surface area contributed by atoms with E-state index in [2.05, 4.69) is 13.8 Å². The van der Waals surface area contributed by atoms with Crippen LogP contribution in [0, 0.1) is 5.92 Å². The predicted molar refractivity (Wildman–Crippen MR) is 73.6 cm³/mol. The summed E-state index contributed by atoms with van der Waals surface area (Å²) in [6.07, 6.45) is 0.933. The first kappa shape index (κ1) is 12.8. The van der Waals surface area contributed by atoms with Crippen LogP contribution in [0.4, 0.5) is 0 Å². The summed E-state index contributed by atoms with van der Waals surface area (Å²) in [6, 6.07) is 4.72. The van der Waals surface area contributed by atoms with Crippen LogP contribution in [-0.2, 0) is 0 Å². The Morgan fingerprint density at radius 1 is 1.30 bits per heavy atom. The Morgan fingerprint density at radius 2 is 2.15 bits per heavy atom. The Morgan fingerprint density at radius 3 is 2.95 bits per heavy atom. The van der Waals surface area contributed by atoms with Crippen molar-refractivity contribution in [3.8, 4) is 17.2 Å². The van der Waals surface area contributed by atoms with E-state index in [9.17, 15) is 4.79 Å². The summed E-state index contributed by atoms with van der Waals surface area (Å²) < 4.78 is 21.8. The molecular weight excluding hydrogens is 260 g/mol. The minimum atomic E-state index is -0.399. The van der Waals surface area contributed by atoms with Gasteiger partial charge in [-0.15, -0.1) is 0 Å². The van der Waals surface area contributed by atoms with Gasteiger partial charge in [0.1, 0.15) is 5.58 Å². The van der Waals surface area contributed by atoms with Crippen LogP contribution in [0.3, 0.4) is 0 Å². The van der Waals surface area contributed by atoms with Crippen LogP contribution >= 0.6 is 0 Å². The molecule has 1 aliphatic heterocycles. The van der Waals surface area contributed by atoms with Crippen LogP contribution in [0.25, 0.3) is 11.0 Å². The Balaban J connectivity index is 2.05. The molecule has 1 aliphatic rings. The summed E-state index contributed by atoms with van der Waals surface area (Å²) in [4.78, 5) is 11.3. The van der Waals surface area contributed by atoms with Crippen molar-refractivity contribution in [1.29, 1.82) is 0 Å². The number of ether oxygens (including phenoxy) is 3. The maximum Gasteiger partial charge on any atom is 0.336 e. The van der Waals surface area contributed by atoms with Gasteiger partial charge in [0.15, 0.2) is 11.5 Å². The maximum absolute atomic E-state index is 11.3. The monoisotopic (exact) mass is 276 g/mol. The van der Waals surface area contributed by atoms with Gasteiger partial charge in [0.25, 0.3) is 0 Å². The van der Waals surface area contributed by atoms with Gasteiger partial charge in [-0.2, -0.15) is 0 Å². The van der Waals surface area contributed by atoms with Gasteiger partial charge in [-0.1, -0.05) is 13.8 Å². The molecule has 0 spiro atoms. The normalized spacial score (nSPS) is 13.2. The summed E-state index contributed by atoms with van der Waals surface area (Å²) in [5.74, 6) is 2.26. The second-order valence-corrected chi connectivity index (χ2v) is 5.14. The fourth-order valence-electron chi connectivity index (χ4n) is 2.08. The Labute approximate surface area is 116 Å². The number of rotatable bonds is 4. The van der Waals surface area contributed by atoms with Crippen molar-refractivity contribution in [3.05, 3.63) is 28.6 Å². The van der Waals surface area contributed by atoms with Gasteiger partial charge in [0, 0.05) is 12.1 Å². The second kappa shape index (κ2) is 5.07. The van der Waals surface area contributed by atoms with Crippen LogP contribution in [0.5, 0.6) is 17.2 Å². The van der Waals surface area contributed by atoms with E-state index < -0.39 is 5.63 Å². The van der Waals surface area contributed by atoms with Crippen molar-refractivity contribution in [2.75, 3.05) is 13.4 Å². The van der Waals surface area contributed by atoms with Gasteiger partial charge >= 0.3 is 5.63 Å². The summed E-state index contributed by atoms with van der Waals surface area (Å²) in [6.45, 7) is 4.99. The molecule has 0 aliphatic carbocycles. The van der Waals surface area contributed by atoms with Crippen LogP contribution in [0.15, 0.2) is 27.4 Å². The van der Waals surface area contributed by atoms with E-state index in [0.29, 0.717) is 35.4 Å². The fourth-order valence-corrected chi connectivity index (χ4v) is 2.08. The molecule has 0 saturated heterocycles. The molecule has 1 aromatic heterocycles. The highest BCUT2D eigenvalue weighted by atomic mass is 16.7. The van der Waals surface area contributed by atoms with Gasteiger partial charge in [0.05, 0.1) is 12.0 Å². The zero-order chi connectivity index (χ0) is 14.1. The average molecular weight is 276 g/mol. The van der Waals surface area contributed by atoms with E-state index in [0.717, 1.165) is 11.8 Å². The molecule has 5 heteroatoms. The SMILES string of the molecule is CC(C)CCOc1c2c(cc3oc(=O)ccc13)OCO2. The molecule has 0 fully saturated rings. The molecule has 0 radical (unpaired) electrons. The van der Waals surface area contributed by atoms with E-state index in [-0.39, 0.29) is 6.79 Å².